The molecule has 2 N–H and O–H groups in total. The van der Waals surface area contributed by atoms with E-state index in [9.17, 15) is 22.0 Å². The Bertz CT molecular complexity index is 411. The summed E-state index contributed by atoms with van der Waals surface area (Å²) in [4.78, 5) is 11.6. The largest absolute Gasteiger partial charge is 0.351 e. The highest BCUT2D eigenvalue weighted by molar-refractivity contribution is 7.91. The monoisotopic (exact) mass is 284 g/mol. The number of nitrogens with one attached hydrogen (secondary N) is 2. The third kappa shape index (κ3) is 4.49. The van der Waals surface area contributed by atoms with Gasteiger partial charge in [0.1, 0.15) is 0 Å². The fourth-order valence-corrected chi connectivity index (χ4v) is 2.87. The Kier molecular flexibility index (Phi) is 4.66. The predicted octanol–water partition coefficient (Wildman–Crippen LogP) is -0.0770. The molecule has 0 bridgehead atoms. The van der Waals surface area contributed by atoms with E-state index in [1.54, 1.807) is 0 Å². The second-order valence-corrected chi connectivity index (χ2v) is 7.00. The summed E-state index contributed by atoms with van der Waals surface area (Å²) in [5.41, 5.74) is 0. The Morgan fingerprint density at radius 2 is 2.17 bits per heavy atom. The van der Waals surface area contributed by atoms with Crippen LogP contribution in [0.3, 0.4) is 0 Å². The van der Waals surface area contributed by atoms with Gasteiger partial charge in [0, 0.05) is 18.2 Å². The van der Waals surface area contributed by atoms with Gasteiger partial charge in [-0.1, -0.05) is 6.92 Å². The quantitative estimate of drug-likeness (QED) is 0.740. The minimum absolute atomic E-state index is 0.00698. The van der Waals surface area contributed by atoms with Gasteiger partial charge in [0.15, 0.2) is 9.84 Å². The molecule has 0 aromatic carbocycles. The normalized spacial score (nSPS) is 24.8. The lowest BCUT2D eigenvalue weighted by molar-refractivity contribution is -0.123. The number of alkyl halides is 2. The van der Waals surface area contributed by atoms with Crippen molar-refractivity contribution in [3.8, 4) is 0 Å². The van der Waals surface area contributed by atoms with Crippen molar-refractivity contribution in [2.45, 2.75) is 38.3 Å². The molecule has 1 aliphatic heterocycles. The Morgan fingerprint density at radius 3 is 2.61 bits per heavy atom. The van der Waals surface area contributed by atoms with Crippen LogP contribution in [0.1, 0.15) is 20.3 Å². The average molecular weight is 284 g/mol. The summed E-state index contributed by atoms with van der Waals surface area (Å²) in [7, 11) is -3.19. The molecule has 0 aromatic heterocycles. The average Bonchev–Trinajstić information content (AvgIpc) is 2.58. The van der Waals surface area contributed by atoms with E-state index in [4.69, 9.17) is 0 Å². The molecule has 2 unspecified atom stereocenters. The molecule has 5 nitrogen and oxygen atoms in total. The molecule has 0 radical (unpaired) electrons. The maximum atomic E-state index is 12.9. The highest BCUT2D eigenvalue weighted by Crippen LogP contribution is 2.25. The molecule has 1 saturated heterocycles. The van der Waals surface area contributed by atoms with Crippen LogP contribution in [-0.4, -0.2) is 50.4 Å². The van der Waals surface area contributed by atoms with Gasteiger partial charge < -0.3 is 5.32 Å². The van der Waals surface area contributed by atoms with Crippen molar-refractivity contribution in [1.82, 2.24) is 10.6 Å². The zero-order valence-corrected chi connectivity index (χ0v) is 11.2. The van der Waals surface area contributed by atoms with Crippen molar-refractivity contribution in [3.63, 3.8) is 0 Å². The van der Waals surface area contributed by atoms with Gasteiger partial charge >= 0.3 is 0 Å². The third-order valence-corrected chi connectivity index (χ3v) is 4.65. The molecule has 1 heterocycles. The fourth-order valence-electron chi connectivity index (χ4n) is 1.78. The maximum Gasteiger partial charge on any atom is 0.262 e. The second kappa shape index (κ2) is 5.48. The lowest BCUT2D eigenvalue weighted by atomic mass is 10.2. The molecular formula is C10H18F2N2O3S. The molecule has 2 atom stereocenters. The summed E-state index contributed by atoms with van der Waals surface area (Å²) in [5.74, 6) is -3.64. The van der Waals surface area contributed by atoms with Crippen molar-refractivity contribution < 1.29 is 22.0 Å². The predicted molar refractivity (Wildman–Crippen MR) is 63.3 cm³/mol. The molecule has 0 spiro atoms. The summed E-state index contributed by atoms with van der Waals surface area (Å²) in [5, 5.41) is 4.85. The highest BCUT2D eigenvalue weighted by Gasteiger charge is 2.42. The number of sulfone groups is 1. The highest BCUT2D eigenvalue weighted by atomic mass is 32.2. The molecule has 0 aliphatic carbocycles. The van der Waals surface area contributed by atoms with Crippen LogP contribution in [0.15, 0.2) is 0 Å². The van der Waals surface area contributed by atoms with Gasteiger partial charge in [0.2, 0.25) is 5.91 Å². The molecule has 1 aliphatic rings. The number of carbonyl (C=O) groups excluding carboxylic acids is 1. The summed E-state index contributed by atoms with van der Waals surface area (Å²) >= 11 is 0. The van der Waals surface area contributed by atoms with Crippen molar-refractivity contribution in [3.05, 3.63) is 0 Å². The van der Waals surface area contributed by atoms with Crippen LogP contribution in [0.2, 0.25) is 0 Å². The molecule has 18 heavy (non-hydrogen) atoms. The Labute approximate surface area is 105 Å². The van der Waals surface area contributed by atoms with Crippen molar-refractivity contribution >= 4 is 15.7 Å². The zero-order chi connectivity index (χ0) is 14.0. The SMILES string of the molecule is CCS(=O)(=O)CC(C)NC(=O)C1CC(F)(F)CN1. The Morgan fingerprint density at radius 1 is 1.56 bits per heavy atom. The van der Waals surface area contributed by atoms with E-state index in [1.165, 1.54) is 13.8 Å². The van der Waals surface area contributed by atoms with Gasteiger partial charge in [-0.25, -0.2) is 17.2 Å². The molecule has 0 aromatic rings. The van der Waals surface area contributed by atoms with Crippen LogP contribution >= 0.6 is 0 Å². The number of amides is 1. The van der Waals surface area contributed by atoms with E-state index >= 15 is 0 Å². The first-order valence-electron chi connectivity index (χ1n) is 5.77. The van der Waals surface area contributed by atoms with Gasteiger partial charge in [0.25, 0.3) is 5.92 Å². The second-order valence-electron chi connectivity index (χ2n) is 4.60. The van der Waals surface area contributed by atoms with E-state index in [-0.39, 0.29) is 11.5 Å². The number of rotatable bonds is 5. The summed E-state index contributed by atoms with van der Waals surface area (Å²) < 4.78 is 48.4. The molecule has 0 saturated carbocycles. The maximum absolute atomic E-state index is 12.9. The van der Waals surface area contributed by atoms with Gasteiger partial charge in [-0.05, 0) is 6.92 Å². The first-order valence-corrected chi connectivity index (χ1v) is 7.59. The summed E-state index contributed by atoms with van der Waals surface area (Å²) in [6.07, 6.45) is -0.550. The molecule has 1 fully saturated rings. The van der Waals surface area contributed by atoms with E-state index < -0.39 is 46.7 Å². The lowest BCUT2D eigenvalue weighted by Crippen LogP contribution is -2.46. The molecule has 8 heteroatoms. The third-order valence-electron chi connectivity index (χ3n) is 2.76. The van der Waals surface area contributed by atoms with Gasteiger partial charge in [-0.2, -0.15) is 0 Å². The van der Waals surface area contributed by atoms with Crippen LogP contribution < -0.4 is 10.6 Å². The number of hydrogen-bond donors (Lipinski definition) is 2. The smallest absolute Gasteiger partial charge is 0.262 e. The van der Waals surface area contributed by atoms with Crippen molar-refractivity contribution in [2.24, 2.45) is 0 Å². The molecular weight excluding hydrogens is 266 g/mol. The van der Waals surface area contributed by atoms with Crippen LogP contribution in [-0.2, 0) is 14.6 Å². The van der Waals surface area contributed by atoms with E-state index in [0.29, 0.717) is 0 Å². The van der Waals surface area contributed by atoms with Crippen molar-refractivity contribution in [2.75, 3.05) is 18.1 Å². The van der Waals surface area contributed by atoms with Gasteiger partial charge in [-0.15, -0.1) is 0 Å². The van der Waals surface area contributed by atoms with Crippen LogP contribution in [0.4, 0.5) is 8.78 Å². The summed E-state index contributed by atoms with van der Waals surface area (Å²) in [6.45, 7) is 2.54. The lowest BCUT2D eigenvalue weighted by Gasteiger charge is -2.16. The fraction of sp³-hybridized carbons (Fsp3) is 0.900. The molecule has 1 rings (SSSR count). The van der Waals surface area contributed by atoms with E-state index in [2.05, 4.69) is 10.6 Å². The number of halogens is 2. The van der Waals surface area contributed by atoms with Crippen LogP contribution in [0, 0.1) is 0 Å². The Balaban J connectivity index is 2.46. The number of carbonyl (C=O) groups is 1. The van der Waals surface area contributed by atoms with Gasteiger partial charge in [-0.3, -0.25) is 10.1 Å². The number of hydrogen-bond acceptors (Lipinski definition) is 4. The minimum Gasteiger partial charge on any atom is -0.351 e. The first kappa shape index (κ1) is 15.3. The zero-order valence-electron chi connectivity index (χ0n) is 10.4. The first-order chi connectivity index (χ1) is 8.15. The standard InChI is InChI=1S/C10H18F2N2O3S/c1-3-18(16,17)5-7(2)14-9(15)8-4-10(11,12)6-13-8/h7-8,13H,3-6H2,1-2H3,(H,14,15). The minimum atomic E-state index is -3.19. The van der Waals surface area contributed by atoms with Gasteiger partial charge in [0.05, 0.1) is 18.3 Å². The summed E-state index contributed by atoms with van der Waals surface area (Å²) in [6, 6.07) is -1.54. The van der Waals surface area contributed by atoms with Crippen LogP contribution in [0.5, 0.6) is 0 Å². The van der Waals surface area contributed by atoms with Crippen LogP contribution in [0.25, 0.3) is 0 Å². The molecule has 1 amide bonds. The topological polar surface area (TPSA) is 75.3 Å². The molecule has 106 valence electrons. The Hall–Kier alpha value is -0.760. The van der Waals surface area contributed by atoms with E-state index in [0.717, 1.165) is 0 Å². The van der Waals surface area contributed by atoms with Crippen molar-refractivity contribution in [1.29, 1.82) is 0 Å². The van der Waals surface area contributed by atoms with E-state index in [1.807, 2.05) is 0 Å².